The van der Waals surface area contributed by atoms with Crippen LogP contribution in [0.3, 0.4) is 0 Å². The van der Waals surface area contributed by atoms with Crippen molar-refractivity contribution in [1.82, 2.24) is 4.90 Å². The molecule has 3 unspecified atom stereocenters. The Morgan fingerprint density at radius 2 is 1.86 bits per heavy atom. The van der Waals surface area contributed by atoms with Crippen LogP contribution in [-0.4, -0.2) is 40.6 Å². The number of fused-ring (bicyclic) bond motifs is 1. The van der Waals surface area contributed by atoms with Gasteiger partial charge < -0.3 is 9.47 Å². The van der Waals surface area contributed by atoms with Gasteiger partial charge in [0.15, 0.2) is 0 Å². The van der Waals surface area contributed by atoms with E-state index in [4.69, 9.17) is 9.47 Å². The minimum atomic E-state index is -0.605. The van der Waals surface area contributed by atoms with Crippen LogP contribution in [0.1, 0.15) is 51.5 Å². The van der Waals surface area contributed by atoms with Crippen LogP contribution in [0.25, 0.3) is 0 Å². The van der Waals surface area contributed by atoms with E-state index >= 15 is 0 Å². The molecule has 1 aliphatic heterocycles. The molecule has 0 N–H and O–H groups in total. The zero-order valence-electron chi connectivity index (χ0n) is 16.9. The topological polar surface area (TPSA) is 99.0 Å². The predicted molar refractivity (Wildman–Crippen MR) is 105 cm³/mol. The molecule has 2 aliphatic rings. The van der Waals surface area contributed by atoms with Crippen LogP contribution in [0.2, 0.25) is 0 Å². The van der Waals surface area contributed by atoms with E-state index in [-0.39, 0.29) is 30.2 Å². The van der Waals surface area contributed by atoms with Crippen molar-refractivity contribution >= 4 is 17.7 Å². The monoisotopic (exact) mass is 404 g/mol. The van der Waals surface area contributed by atoms with Crippen molar-refractivity contribution in [3.05, 3.63) is 39.9 Å². The molecule has 1 saturated heterocycles. The Morgan fingerprint density at radius 1 is 1.17 bits per heavy atom. The third-order valence-electron chi connectivity index (χ3n) is 5.64. The van der Waals surface area contributed by atoms with E-state index < -0.39 is 17.1 Å². The number of benzene rings is 1. The molecule has 1 saturated carbocycles. The quantitative estimate of drug-likeness (QED) is 0.403. The number of esters is 1. The third-order valence-corrected chi connectivity index (χ3v) is 5.64. The van der Waals surface area contributed by atoms with E-state index in [1.54, 1.807) is 17.0 Å². The fourth-order valence-corrected chi connectivity index (χ4v) is 4.21. The fourth-order valence-electron chi connectivity index (χ4n) is 4.21. The SMILES string of the molecule is CC(C)COC(=O)C1CC2CCCCC2N1C(=O)OCc1ccc([N+](=O)[O-])cc1. The molecule has 158 valence electrons. The van der Waals surface area contributed by atoms with Gasteiger partial charge in [-0.3, -0.25) is 15.0 Å². The van der Waals surface area contributed by atoms with Gasteiger partial charge in [0.1, 0.15) is 12.6 Å². The zero-order valence-corrected chi connectivity index (χ0v) is 16.9. The maximum absolute atomic E-state index is 12.9. The van der Waals surface area contributed by atoms with Gasteiger partial charge in [-0.25, -0.2) is 9.59 Å². The number of rotatable bonds is 6. The van der Waals surface area contributed by atoms with Crippen molar-refractivity contribution in [2.75, 3.05) is 6.61 Å². The second-order valence-corrected chi connectivity index (χ2v) is 8.27. The summed E-state index contributed by atoms with van der Waals surface area (Å²) in [6, 6.07) is 5.28. The molecule has 0 bridgehead atoms. The normalized spacial score (nSPS) is 23.6. The Morgan fingerprint density at radius 3 is 2.52 bits per heavy atom. The lowest BCUT2D eigenvalue weighted by Gasteiger charge is -2.32. The third kappa shape index (κ3) is 5.05. The number of nitro groups is 1. The van der Waals surface area contributed by atoms with Crippen LogP contribution < -0.4 is 0 Å². The van der Waals surface area contributed by atoms with Gasteiger partial charge in [-0.1, -0.05) is 26.7 Å². The molecule has 0 aromatic heterocycles. The van der Waals surface area contributed by atoms with E-state index in [1.165, 1.54) is 12.1 Å². The lowest BCUT2D eigenvalue weighted by Crippen LogP contribution is -2.47. The largest absolute Gasteiger partial charge is 0.464 e. The highest BCUT2D eigenvalue weighted by atomic mass is 16.6. The van der Waals surface area contributed by atoms with Gasteiger partial charge in [0.2, 0.25) is 0 Å². The molecule has 2 fully saturated rings. The van der Waals surface area contributed by atoms with Gasteiger partial charge >= 0.3 is 12.1 Å². The van der Waals surface area contributed by atoms with Crippen molar-refractivity contribution in [3.63, 3.8) is 0 Å². The summed E-state index contributed by atoms with van der Waals surface area (Å²) in [7, 11) is 0. The fraction of sp³-hybridized carbons (Fsp3) is 0.619. The number of hydrogen-bond donors (Lipinski definition) is 0. The average molecular weight is 404 g/mol. The number of carbonyl (C=O) groups excluding carboxylic acids is 2. The van der Waals surface area contributed by atoms with E-state index in [9.17, 15) is 19.7 Å². The molecule has 8 nitrogen and oxygen atoms in total. The molecule has 1 heterocycles. The number of amides is 1. The molecule has 1 aliphatic carbocycles. The van der Waals surface area contributed by atoms with Crippen molar-refractivity contribution in [2.24, 2.45) is 11.8 Å². The number of nitro benzene ring substituents is 1. The summed E-state index contributed by atoms with van der Waals surface area (Å²) in [5, 5.41) is 10.8. The van der Waals surface area contributed by atoms with Gasteiger partial charge in [0.25, 0.3) is 5.69 Å². The first-order chi connectivity index (χ1) is 13.9. The Labute approximate surface area is 170 Å². The molecule has 1 aromatic rings. The molecular formula is C21H28N2O6. The van der Waals surface area contributed by atoms with Crippen LogP contribution >= 0.6 is 0 Å². The van der Waals surface area contributed by atoms with Crippen LogP contribution in [0, 0.1) is 22.0 Å². The van der Waals surface area contributed by atoms with Crippen LogP contribution in [-0.2, 0) is 20.9 Å². The Bertz CT molecular complexity index is 748. The standard InChI is InChI=1S/C21H28N2O6/c1-14(2)12-28-20(24)19-11-16-5-3-4-6-18(16)22(19)21(25)29-13-15-7-9-17(10-8-15)23(26)27/h7-10,14,16,18-19H,3-6,11-13H2,1-2H3. The van der Waals surface area contributed by atoms with Crippen LogP contribution in [0.4, 0.5) is 10.5 Å². The lowest BCUT2D eigenvalue weighted by molar-refractivity contribution is -0.384. The van der Waals surface area contributed by atoms with Crippen molar-refractivity contribution in [1.29, 1.82) is 0 Å². The second-order valence-electron chi connectivity index (χ2n) is 8.27. The first kappa shape index (κ1) is 21.1. The van der Waals surface area contributed by atoms with Gasteiger partial charge in [-0.05, 0) is 48.8 Å². The maximum atomic E-state index is 12.9. The molecule has 3 rings (SSSR count). The highest BCUT2D eigenvalue weighted by Gasteiger charge is 2.49. The number of ether oxygens (including phenoxy) is 2. The van der Waals surface area contributed by atoms with E-state index in [2.05, 4.69) is 0 Å². The summed E-state index contributed by atoms with van der Waals surface area (Å²) in [5.41, 5.74) is 0.639. The minimum Gasteiger partial charge on any atom is -0.464 e. The van der Waals surface area contributed by atoms with Gasteiger partial charge in [-0.15, -0.1) is 0 Å². The van der Waals surface area contributed by atoms with Crippen LogP contribution in [0.5, 0.6) is 0 Å². The highest BCUT2D eigenvalue weighted by Crippen LogP contribution is 2.40. The number of carbonyl (C=O) groups is 2. The first-order valence-electron chi connectivity index (χ1n) is 10.2. The molecular weight excluding hydrogens is 376 g/mol. The second kappa shape index (κ2) is 9.24. The highest BCUT2D eigenvalue weighted by molar-refractivity contribution is 5.82. The van der Waals surface area contributed by atoms with Crippen LogP contribution in [0.15, 0.2) is 24.3 Å². The predicted octanol–water partition coefficient (Wildman–Crippen LogP) is 4.06. The van der Waals surface area contributed by atoms with Gasteiger partial charge in [-0.2, -0.15) is 0 Å². The zero-order chi connectivity index (χ0) is 21.0. The summed E-state index contributed by atoms with van der Waals surface area (Å²) in [5.74, 6) is 0.165. The molecule has 0 radical (unpaired) electrons. The smallest absolute Gasteiger partial charge is 0.411 e. The molecule has 0 spiro atoms. The molecule has 3 atom stereocenters. The number of non-ortho nitro benzene ring substituents is 1. The molecule has 1 amide bonds. The summed E-state index contributed by atoms with van der Waals surface area (Å²) in [6.07, 6.45) is 4.11. The summed E-state index contributed by atoms with van der Waals surface area (Å²) >= 11 is 0. The Hall–Kier alpha value is -2.64. The Kier molecular flexibility index (Phi) is 6.71. The average Bonchev–Trinajstić information content (AvgIpc) is 3.10. The van der Waals surface area contributed by atoms with E-state index in [1.807, 2.05) is 13.8 Å². The number of likely N-dealkylation sites (tertiary alicyclic amines) is 1. The number of nitrogens with zero attached hydrogens (tertiary/aromatic N) is 2. The summed E-state index contributed by atoms with van der Waals surface area (Å²) in [4.78, 5) is 37.4. The molecule has 8 heteroatoms. The summed E-state index contributed by atoms with van der Waals surface area (Å²) < 4.78 is 10.9. The Balaban J connectivity index is 1.67. The van der Waals surface area contributed by atoms with Gasteiger partial charge in [0.05, 0.1) is 11.5 Å². The van der Waals surface area contributed by atoms with Crippen molar-refractivity contribution < 1.29 is 24.0 Å². The number of hydrogen-bond acceptors (Lipinski definition) is 6. The van der Waals surface area contributed by atoms with Gasteiger partial charge in [0, 0.05) is 18.2 Å². The molecule has 1 aromatic carbocycles. The van der Waals surface area contributed by atoms with E-state index in [0.29, 0.717) is 24.5 Å². The minimum absolute atomic E-state index is 0.00151. The lowest BCUT2D eigenvalue weighted by atomic mass is 9.85. The van der Waals surface area contributed by atoms with Crippen molar-refractivity contribution in [2.45, 2.75) is 64.6 Å². The van der Waals surface area contributed by atoms with Crippen molar-refractivity contribution in [3.8, 4) is 0 Å². The summed E-state index contributed by atoms with van der Waals surface area (Å²) in [6.45, 7) is 4.27. The molecule has 29 heavy (non-hydrogen) atoms. The maximum Gasteiger partial charge on any atom is 0.411 e. The first-order valence-corrected chi connectivity index (χ1v) is 10.2. The van der Waals surface area contributed by atoms with E-state index in [0.717, 1.165) is 25.7 Å².